The maximum absolute atomic E-state index is 5.15. The molecule has 1 rings (SSSR count). The summed E-state index contributed by atoms with van der Waals surface area (Å²) in [4.78, 5) is 0. The Labute approximate surface area is 60.4 Å². The molecule has 1 aromatic rings. The fraction of sp³-hybridized carbons (Fsp3) is 0.571. The van der Waals surface area contributed by atoms with Gasteiger partial charge in [-0.1, -0.05) is 0 Å². The minimum absolute atomic E-state index is 0.612. The van der Waals surface area contributed by atoms with Crippen LogP contribution in [0.15, 0.2) is 6.07 Å². The molecule has 0 saturated carbocycles. The summed E-state index contributed by atoms with van der Waals surface area (Å²) < 4.78 is 5.15. The number of ether oxygens (including phenoxy) is 1. The largest absolute Gasteiger partial charge is 0.375 e. The van der Waals surface area contributed by atoms with Crippen LogP contribution in [0.5, 0.6) is 0 Å². The Morgan fingerprint density at radius 2 is 2.50 bits per heavy atom. The summed E-state index contributed by atoms with van der Waals surface area (Å²) in [5.41, 5.74) is 2.05. The average Bonchev–Trinajstić information content (AvgIpc) is 2.31. The number of nitrogens with zero attached hydrogens (tertiary/aromatic N) is 1. The van der Waals surface area contributed by atoms with E-state index in [2.05, 4.69) is 10.2 Å². The fourth-order valence-corrected chi connectivity index (χ4v) is 0.755. The van der Waals surface area contributed by atoms with Gasteiger partial charge in [-0.2, -0.15) is 5.10 Å². The van der Waals surface area contributed by atoms with Crippen LogP contribution in [0.25, 0.3) is 0 Å². The quantitative estimate of drug-likeness (QED) is 0.686. The van der Waals surface area contributed by atoms with E-state index in [0.29, 0.717) is 6.61 Å². The van der Waals surface area contributed by atoms with Crippen molar-refractivity contribution in [2.75, 3.05) is 6.61 Å². The first-order valence-corrected chi connectivity index (χ1v) is 3.41. The molecule has 0 aliphatic carbocycles. The third-order valence-corrected chi connectivity index (χ3v) is 1.21. The van der Waals surface area contributed by atoms with Gasteiger partial charge in [0.15, 0.2) is 0 Å². The Morgan fingerprint density at radius 1 is 1.70 bits per heavy atom. The van der Waals surface area contributed by atoms with Crippen molar-refractivity contribution in [3.05, 3.63) is 17.5 Å². The van der Waals surface area contributed by atoms with E-state index >= 15 is 0 Å². The maximum Gasteiger partial charge on any atom is 0.0906 e. The number of rotatable bonds is 3. The Hall–Kier alpha value is -0.830. The molecular weight excluding hydrogens is 128 g/mol. The first-order valence-electron chi connectivity index (χ1n) is 3.41. The Balaban J connectivity index is 2.42. The molecule has 0 saturated heterocycles. The van der Waals surface area contributed by atoms with Crippen molar-refractivity contribution in [3.63, 3.8) is 0 Å². The zero-order chi connectivity index (χ0) is 7.40. The molecule has 0 radical (unpaired) electrons. The van der Waals surface area contributed by atoms with Crippen LogP contribution in [0.4, 0.5) is 0 Å². The second-order valence-corrected chi connectivity index (χ2v) is 2.18. The molecular formula is C7H12N2O. The normalized spacial score (nSPS) is 10.2. The summed E-state index contributed by atoms with van der Waals surface area (Å²) in [6.45, 7) is 5.30. The van der Waals surface area contributed by atoms with Gasteiger partial charge in [0.05, 0.1) is 12.3 Å². The number of hydrogen-bond donors (Lipinski definition) is 1. The standard InChI is InChI=1S/C7H12N2O/c1-3-10-5-7-4-6(2)8-9-7/h4H,3,5H2,1-2H3,(H,8,9). The lowest BCUT2D eigenvalue weighted by Crippen LogP contribution is -1.91. The van der Waals surface area contributed by atoms with E-state index in [9.17, 15) is 0 Å². The van der Waals surface area contributed by atoms with Gasteiger partial charge in [-0.3, -0.25) is 5.10 Å². The van der Waals surface area contributed by atoms with Crippen LogP contribution in [0.3, 0.4) is 0 Å². The van der Waals surface area contributed by atoms with Gasteiger partial charge >= 0.3 is 0 Å². The van der Waals surface area contributed by atoms with Crippen molar-refractivity contribution in [1.82, 2.24) is 10.2 Å². The van der Waals surface area contributed by atoms with Gasteiger partial charge in [0.1, 0.15) is 0 Å². The first kappa shape index (κ1) is 7.28. The topological polar surface area (TPSA) is 37.9 Å². The lowest BCUT2D eigenvalue weighted by Gasteiger charge is -1.93. The number of H-pyrrole nitrogens is 1. The summed E-state index contributed by atoms with van der Waals surface area (Å²) in [6, 6.07) is 1.98. The SMILES string of the molecule is CCOCc1cc(C)[nH]n1. The molecule has 0 spiro atoms. The Kier molecular flexibility index (Phi) is 2.45. The molecule has 0 bridgehead atoms. The summed E-state index contributed by atoms with van der Waals surface area (Å²) in [7, 11) is 0. The van der Waals surface area contributed by atoms with Crippen molar-refractivity contribution in [2.24, 2.45) is 0 Å². The van der Waals surface area contributed by atoms with Crippen LogP contribution < -0.4 is 0 Å². The lowest BCUT2D eigenvalue weighted by molar-refractivity contribution is 0.131. The highest BCUT2D eigenvalue weighted by Gasteiger charge is 1.94. The molecule has 56 valence electrons. The smallest absolute Gasteiger partial charge is 0.0906 e. The molecule has 1 heterocycles. The van der Waals surface area contributed by atoms with Crippen LogP contribution in [0.1, 0.15) is 18.3 Å². The first-order chi connectivity index (χ1) is 4.83. The predicted octanol–water partition coefficient (Wildman–Crippen LogP) is 1.25. The molecule has 0 aromatic carbocycles. The highest BCUT2D eigenvalue weighted by molar-refractivity contribution is 5.05. The molecule has 1 aromatic heterocycles. The zero-order valence-electron chi connectivity index (χ0n) is 6.35. The maximum atomic E-state index is 5.15. The fourth-order valence-electron chi connectivity index (χ4n) is 0.755. The molecule has 10 heavy (non-hydrogen) atoms. The van der Waals surface area contributed by atoms with Gasteiger partial charge < -0.3 is 4.74 Å². The van der Waals surface area contributed by atoms with E-state index in [1.807, 2.05) is 19.9 Å². The number of hydrogen-bond acceptors (Lipinski definition) is 2. The van der Waals surface area contributed by atoms with E-state index in [1.165, 1.54) is 0 Å². The van der Waals surface area contributed by atoms with Gasteiger partial charge in [0.2, 0.25) is 0 Å². The van der Waals surface area contributed by atoms with Crippen molar-refractivity contribution in [2.45, 2.75) is 20.5 Å². The number of aromatic nitrogens is 2. The number of nitrogens with one attached hydrogen (secondary N) is 1. The highest BCUT2D eigenvalue weighted by atomic mass is 16.5. The van der Waals surface area contributed by atoms with E-state index in [-0.39, 0.29) is 0 Å². The molecule has 1 N–H and O–H groups in total. The second-order valence-electron chi connectivity index (χ2n) is 2.18. The predicted molar refractivity (Wildman–Crippen MR) is 38.7 cm³/mol. The molecule has 3 nitrogen and oxygen atoms in total. The van der Waals surface area contributed by atoms with Gasteiger partial charge in [-0.05, 0) is 19.9 Å². The monoisotopic (exact) mass is 140 g/mol. The van der Waals surface area contributed by atoms with E-state index in [1.54, 1.807) is 0 Å². The van der Waals surface area contributed by atoms with Gasteiger partial charge in [-0.25, -0.2) is 0 Å². The van der Waals surface area contributed by atoms with Crippen molar-refractivity contribution in [1.29, 1.82) is 0 Å². The van der Waals surface area contributed by atoms with Crippen LogP contribution in [-0.4, -0.2) is 16.8 Å². The highest BCUT2D eigenvalue weighted by Crippen LogP contribution is 1.98. The minimum atomic E-state index is 0.612. The Morgan fingerprint density at radius 3 is 3.00 bits per heavy atom. The van der Waals surface area contributed by atoms with E-state index < -0.39 is 0 Å². The van der Waals surface area contributed by atoms with E-state index in [4.69, 9.17) is 4.74 Å². The van der Waals surface area contributed by atoms with Gasteiger partial charge in [-0.15, -0.1) is 0 Å². The molecule has 0 aliphatic rings. The van der Waals surface area contributed by atoms with Crippen molar-refractivity contribution < 1.29 is 4.74 Å². The van der Waals surface area contributed by atoms with E-state index in [0.717, 1.165) is 18.0 Å². The van der Waals surface area contributed by atoms with Crippen LogP contribution in [-0.2, 0) is 11.3 Å². The van der Waals surface area contributed by atoms with Gasteiger partial charge in [0, 0.05) is 12.3 Å². The summed E-state index contributed by atoms with van der Waals surface area (Å²) in [5.74, 6) is 0. The minimum Gasteiger partial charge on any atom is -0.375 e. The molecule has 0 atom stereocenters. The van der Waals surface area contributed by atoms with Crippen molar-refractivity contribution >= 4 is 0 Å². The summed E-state index contributed by atoms with van der Waals surface area (Å²) in [5, 5.41) is 6.85. The zero-order valence-corrected chi connectivity index (χ0v) is 6.35. The third-order valence-electron chi connectivity index (χ3n) is 1.21. The average molecular weight is 140 g/mol. The Bertz CT molecular complexity index is 195. The molecule has 3 heteroatoms. The van der Waals surface area contributed by atoms with Crippen molar-refractivity contribution in [3.8, 4) is 0 Å². The summed E-state index contributed by atoms with van der Waals surface area (Å²) in [6.07, 6.45) is 0. The van der Waals surface area contributed by atoms with Gasteiger partial charge in [0.25, 0.3) is 0 Å². The van der Waals surface area contributed by atoms with Crippen LogP contribution >= 0.6 is 0 Å². The molecule has 0 amide bonds. The number of aromatic amines is 1. The number of aryl methyl sites for hydroxylation is 1. The molecule has 0 aliphatic heterocycles. The summed E-state index contributed by atoms with van der Waals surface area (Å²) >= 11 is 0. The third kappa shape index (κ3) is 1.84. The molecule has 0 unspecified atom stereocenters. The second kappa shape index (κ2) is 3.37. The lowest BCUT2D eigenvalue weighted by atomic mass is 10.4. The van der Waals surface area contributed by atoms with Crippen LogP contribution in [0, 0.1) is 6.92 Å². The molecule has 0 fully saturated rings. The van der Waals surface area contributed by atoms with Crippen LogP contribution in [0.2, 0.25) is 0 Å².